The summed E-state index contributed by atoms with van der Waals surface area (Å²) >= 11 is 0. The maximum absolute atomic E-state index is 10.7. The van der Waals surface area contributed by atoms with Crippen LogP contribution in [0.4, 0.5) is 11.6 Å². The maximum Gasteiger partial charge on any atom is 0.234 e. The van der Waals surface area contributed by atoms with Gasteiger partial charge in [0.1, 0.15) is 11.5 Å². The van der Waals surface area contributed by atoms with E-state index in [0.29, 0.717) is 17.3 Å². The molecule has 32 heavy (non-hydrogen) atoms. The molecule has 0 aliphatic heterocycles. The number of aromatic amines is 1. The monoisotopic (exact) mass is 425 g/mol. The van der Waals surface area contributed by atoms with Gasteiger partial charge in [-0.2, -0.15) is 0 Å². The molecule has 0 fully saturated rings. The fraction of sp³-hybridized carbons (Fsp3) is 0.120. The van der Waals surface area contributed by atoms with Gasteiger partial charge in [-0.1, -0.05) is 32.0 Å². The van der Waals surface area contributed by atoms with Gasteiger partial charge in [0.05, 0.1) is 11.3 Å². The number of aromatic nitrogens is 4. The summed E-state index contributed by atoms with van der Waals surface area (Å²) in [7, 11) is 0. The molecule has 4 N–H and O–H groups in total. The van der Waals surface area contributed by atoms with E-state index in [-0.39, 0.29) is 17.4 Å². The molecule has 0 saturated heterocycles. The first kappa shape index (κ1) is 19.7. The second-order valence-electron chi connectivity index (χ2n) is 8.01. The zero-order valence-electron chi connectivity index (χ0n) is 17.7. The molecule has 7 heteroatoms. The lowest BCUT2D eigenvalue weighted by atomic mass is 9.98. The lowest BCUT2D eigenvalue weighted by Gasteiger charge is -2.15. The first-order chi connectivity index (χ1) is 15.5. The summed E-state index contributed by atoms with van der Waals surface area (Å²) in [5.74, 6) is 1.06. The number of benzene rings is 3. The minimum atomic E-state index is -0.0606. The van der Waals surface area contributed by atoms with E-state index >= 15 is 0 Å². The number of rotatable bonds is 5. The van der Waals surface area contributed by atoms with E-state index < -0.39 is 0 Å². The minimum Gasteiger partial charge on any atom is -0.508 e. The van der Waals surface area contributed by atoms with Crippen molar-refractivity contribution in [2.24, 2.45) is 0 Å². The largest absolute Gasteiger partial charge is 0.508 e. The Kier molecular flexibility index (Phi) is 4.78. The number of phenols is 2. The Balaban J connectivity index is 1.72. The van der Waals surface area contributed by atoms with Crippen LogP contribution in [0, 0.1) is 0 Å². The number of H-pyrrole nitrogens is 1. The molecule has 0 unspecified atom stereocenters. The standard InChI is InChI=1S/C25H23N5O2/c1-15(2)19-13-20(23(32)14-22(19)31)24-28-29-25(27-17-6-4-3-5-7-17)30(24)18-8-9-21-16(12-18)10-11-26-21/h3-15,26,31-32H,1-2H3,(H,27,29). The van der Waals surface area contributed by atoms with E-state index in [2.05, 4.69) is 20.5 Å². The van der Waals surface area contributed by atoms with Gasteiger partial charge in [-0.25, -0.2) is 0 Å². The Labute approximate surface area is 185 Å². The highest BCUT2D eigenvalue weighted by molar-refractivity contribution is 5.82. The van der Waals surface area contributed by atoms with Crippen LogP contribution in [0.5, 0.6) is 11.5 Å². The Bertz CT molecular complexity index is 1400. The Morgan fingerprint density at radius 2 is 1.72 bits per heavy atom. The summed E-state index contributed by atoms with van der Waals surface area (Å²) in [5, 5.41) is 34.2. The molecule has 3 aromatic carbocycles. The minimum absolute atomic E-state index is 0.0590. The topological polar surface area (TPSA) is 99.0 Å². The molecule has 0 atom stereocenters. The third-order valence-corrected chi connectivity index (χ3v) is 5.50. The van der Waals surface area contributed by atoms with Gasteiger partial charge in [-0.3, -0.25) is 4.57 Å². The zero-order valence-corrected chi connectivity index (χ0v) is 17.7. The van der Waals surface area contributed by atoms with E-state index in [4.69, 9.17) is 0 Å². The van der Waals surface area contributed by atoms with Crippen molar-refractivity contribution in [2.75, 3.05) is 5.32 Å². The van der Waals surface area contributed by atoms with Crippen LogP contribution < -0.4 is 5.32 Å². The second-order valence-corrected chi connectivity index (χ2v) is 8.01. The van der Waals surface area contributed by atoms with Crippen molar-refractivity contribution >= 4 is 22.5 Å². The Hall–Kier alpha value is -4.26. The number of nitrogens with one attached hydrogen (secondary N) is 2. The molecule has 0 radical (unpaired) electrons. The van der Waals surface area contributed by atoms with Crippen LogP contribution in [0.3, 0.4) is 0 Å². The average molecular weight is 425 g/mol. The number of hydrogen-bond acceptors (Lipinski definition) is 5. The molecule has 5 aromatic rings. The molecule has 0 aliphatic carbocycles. The predicted molar refractivity (Wildman–Crippen MR) is 126 cm³/mol. The van der Waals surface area contributed by atoms with Gasteiger partial charge >= 0.3 is 0 Å². The molecule has 2 aromatic heterocycles. The van der Waals surface area contributed by atoms with Gasteiger partial charge in [-0.15, -0.1) is 10.2 Å². The molecule has 7 nitrogen and oxygen atoms in total. The summed E-state index contributed by atoms with van der Waals surface area (Å²) in [6.45, 7) is 3.98. The van der Waals surface area contributed by atoms with Gasteiger partial charge in [0, 0.05) is 28.9 Å². The highest BCUT2D eigenvalue weighted by atomic mass is 16.3. The molecule has 0 aliphatic rings. The lowest BCUT2D eigenvalue weighted by Crippen LogP contribution is -2.04. The average Bonchev–Trinajstić information content (AvgIpc) is 3.40. The van der Waals surface area contributed by atoms with Crippen LogP contribution in [0.1, 0.15) is 25.3 Å². The fourth-order valence-corrected chi connectivity index (χ4v) is 3.85. The van der Waals surface area contributed by atoms with Crippen molar-refractivity contribution in [3.8, 4) is 28.6 Å². The van der Waals surface area contributed by atoms with Gasteiger partial charge in [0.25, 0.3) is 0 Å². The van der Waals surface area contributed by atoms with Crippen LogP contribution in [-0.4, -0.2) is 30.0 Å². The SMILES string of the molecule is CC(C)c1cc(-c2nnc(Nc3ccccc3)n2-c2ccc3[nH]ccc3c2)c(O)cc1O. The van der Waals surface area contributed by atoms with Gasteiger partial charge in [-0.05, 0) is 53.9 Å². The number of anilines is 2. The molecule has 2 heterocycles. The number of para-hydroxylation sites is 1. The molecular formula is C25H23N5O2. The van der Waals surface area contributed by atoms with Gasteiger partial charge < -0.3 is 20.5 Å². The van der Waals surface area contributed by atoms with Crippen LogP contribution in [0.15, 0.2) is 72.9 Å². The van der Waals surface area contributed by atoms with Crippen molar-refractivity contribution in [3.05, 3.63) is 78.5 Å². The summed E-state index contributed by atoms with van der Waals surface area (Å²) in [4.78, 5) is 3.20. The summed E-state index contributed by atoms with van der Waals surface area (Å²) in [5.41, 5.74) is 3.96. The van der Waals surface area contributed by atoms with Crippen LogP contribution >= 0.6 is 0 Å². The molecular weight excluding hydrogens is 402 g/mol. The third-order valence-electron chi connectivity index (χ3n) is 5.50. The van der Waals surface area contributed by atoms with E-state index in [9.17, 15) is 10.2 Å². The van der Waals surface area contributed by atoms with E-state index in [1.165, 1.54) is 6.07 Å². The van der Waals surface area contributed by atoms with Gasteiger partial charge in [0.15, 0.2) is 5.82 Å². The molecule has 160 valence electrons. The van der Waals surface area contributed by atoms with Crippen molar-refractivity contribution in [2.45, 2.75) is 19.8 Å². The smallest absolute Gasteiger partial charge is 0.234 e. The van der Waals surface area contributed by atoms with Crippen LogP contribution in [-0.2, 0) is 0 Å². The van der Waals surface area contributed by atoms with E-state index in [1.54, 1.807) is 6.07 Å². The fourth-order valence-electron chi connectivity index (χ4n) is 3.85. The number of hydrogen-bond donors (Lipinski definition) is 4. The highest BCUT2D eigenvalue weighted by Crippen LogP contribution is 2.39. The zero-order chi connectivity index (χ0) is 22.2. The number of nitrogens with zero attached hydrogens (tertiary/aromatic N) is 3. The third kappa shape index (κ3) is 3.43. The van der Waals surface area contributed by atoms with Crippen LogP contribution in [0.2, 0.25) is 0 Å². The van der Waals surface area contributed by atoms with Gasteiger partial charge in [0.2, 0.25) is 5.95 Å². The molecule has 0 saturated carbocycles. The highest BCUT2D eigenvalue weighted by Gasteiger charge is 2.21. The second kappa shape index (κ2) is 7.77. The molecule has 5 rings (SSSR count). The van der Waals surface area contributed by atoms with Crippen molar-refractivity contribution in [1.82, 2.24) is 19.7 Å². The number of aromatic hydroxyl groups is 2. The van der Waals surface area contributed by atoms with Crippen molar-refractivity contribution in [1.29, 1.82) is 0 Å². The van der Waals surface area contributed by atoms with Crippen molar-refractivity contribution < 1.29 is 10.2 Å². The quantitative estimate of drug-likeness (QED) is 0.290. The number of fused-ring (bicyclic) bond motifs is 1. The maximum atomic E-state index is 10.7. The predicted octanol–water partition coefficient (Wildman–Crippen LogP) is 5.69. The summed E-state index contributed by atoms with van der Waals surface area (Å²) in [6.07, 6.45) is 1.89. The first-order valence-corrected chi connectivity index (χ1v) is 10.4. The Morgan fingerprint density at radius 1 is 0.906 bits per heavy atom. The molecule has 0 bridgehead atoms. The van der Waals surface area contributed by atoms with Crippen LogP contribution in [0.25, 0.3) is 28.0 Å². The first-order valence-electron chi connectivity index (χ1n) is 10.4. The molecule has 0 amide bonds. The molecule has 0 spiro atoms. The van der Waals surface area contributed by atoms with Crippen molar-refractivity contribution in [3.63, 3.8) is 0 Å². The summed E-state index contributed by atoms with van der Waals surface area (Å²) in [6, 6.07) is 20.9. The Morgan fingerprint density at radius 3 is 2.50 bits per heavy atom. The summed E-state index contributed by atoms with van der Waals surface area (Å²) < 4.78 is 1.87. The number of phenolic OH excluding ortho intramolecular Hbond substituents is 2. The normalized spacial score (nSPS) is 11.3. The lowest BCUT2D eigenvalue weighted by molar-refractivity contribution is 0.444. The van der Waals surface area contributed by atoms with E-state index in [1.807, 2.05) is 79.2 Å². The van der Waals surface area contributed by atoms with E-state index in [0.717, 1.165) is 27.8 Å².